The Morgan fingerprint density at radius 3 is 2.50 bits per heavy atom. The van der Waals surface area contributed by atoms with Gasteiger partial charge in [0.1, 0.15) is 6.33 Å². The molecule has 0 radical (unpaired) electrons. The molecule has 1 aliphatic carbocycles. The lowest BCUT2D eigenvalue weighted by Gasteiger charge is -2.33. The zero-order chi connectivity index (χ0) is 12.8. The van der Waals surface area contributed by atoms with E-state index in [-0.39, 0.29) is 6.04 Å². The maximum absolute atomic E-state index is 5.72. The van der Waals surface area contributed by atoms with Crippen molar-refractivity contribution in [2.75, 3.05) is 0 Å². The molecule has 1 saturated carbocycles. The molecule has 1 heterocycles. The Kier molecular flexibility index (Phi) is 5.08. The van der Waals surface area contributed by atoms with Gasteiger partial charge in [0.25, 0.3) is 0 Å². The summed E-state index contributed by atoms with van der Waals surface area (Å²) in [6.07, 6.45) is 13.2. The van der Waals surface area contributed by atoms with Crippen molar-refractivity contribution in [3.05, 3.63) is 24.3 Å². The van der Waals surface area contributed by atoms with Crippen molar-refractivity contribution in [2.45, 2.75) is 51.5 Å². The van der Waals surface area contributed by atoms with E-state index in [1.54, 1.807) is 6.33 Å². The fourth-order valence-electron chi connectivity index (χ4n) is 3.19. The maximum atomic E-state index is 5.72. The van der Waals surface area contributed by atoms with Crippen LogP contribution in [0.2, 0.25) is 0 Å². The number of nitrogens with zero attached hydrogens (tertiary/aromatic N) is 2. The van der Waals surface area contributed by atoms with E-state index in [9.17, 15) is 0 Å². The number of rotatable bonds is 5. The van der Waals surface area contributed by atoms with Crippen molar-refractivity contribution in [1.82, 2.24) is 15.4 Å². The van der Waals surface area contributed by atoms with Crippen LogP contribution in [0, 0.1) is 11.8 Å². The summed E-state index contributed by atoms with van der Waals surface area (Å²) < 4.78 is 0. The molecule has 1 aliphatic rings. The van der Waals surface area contributed by atoms with Crippen molar-refractivity contribution in [3.8, 4) is 0 Å². The first-order chi connectivity index (χ1) is 8.85. The van der Waals surface area contributed by atoms with Gasteiger partial charge in [0, 0.05) is 18.0 Å². The van der Waals surface area contributed by atoms with E-state index >= 15 is 0 Å². The van der Waals surface area contributed by atoms with E-state index in [4.69, 9.17) is 5.84 Å². The molecule has 0 bridgehead atoms. The molecule has 4 nitrogen and oxygen atoms in total. The molecule has 0 spiro atoms. The molecule has 18 heavy (non-hydrogen) atoms. The summed E-state index contributed by atoms with van der Waals surface area (Å²) in [5, 5.41) is 0. The standard InChI is InChI=1S/C14H24N4/c1-2-3-11-4-6-12(7-5-11)14(18-15)13-8-16-10-17-9-13/h8-12,14,18H,2-7,15H2,1H3. The molecule has 0 amide bonds. The third-order valence-corrected chi connectivity index (χ3v) is 4.18. The van der Waals surface area contributed by atoms with Crippen molar-refractivity contribution in [1.29, 1.82) is 0 Å². The lowest BCUT2D eigenvalue weighted by Crippen LogP contribution is -2.35. The smallest absolute Gasteiger partial charge is 0.115 e. The molecule has 1 unspecified atom stereocenters. The lowest BCUT2D eigenvalue weighted by molar-refractivity contribution is 0.214. The highest BCUT2D eigenvalue weighted by atomic mass is 15.2. The van der Waals surface area contributed by atoms with Crippen LogP contribution in [0.4, 0.5) is 0 Å². The Labute approximate surface area is 109 Å². The molecule has 2 rings (SSSR count). The molecule has 4 heteroatoms. The molecule has 3 N–H and O–H groups in total. The van der Waals surface area contributed by atoms with Crippen molar-refractivity contribution >= 4 is 0 Å². The predicted molar refractivity (Wildman–Crippen MR) is 72.5 cm³/mol. The van der Waals surface area contributed by atoms with Gasteiger partial charge in [-0.1, -0.05) is 32.6 Å². The first-order valence-corrected chi connectivity index (χ1v) is 7.06. The van der Waals surface area contributed by atoms with Gasteiger partial charge in [0.05, 0.1) is 6.04 Å². The first-order valence-electron chi connectivity index (χ1n) is 7.06. The maximum Gasteiger partial charge on any atom is 0.115 e. The van der Waals surface area contributed by atoms with E-state index in [0.29, 0.717) is 5.92 Å². The summed E-state index contributed by atoms with van der Waals surface area (Å²) in [5.41, 5.74) is 4.07. The normalized spacial score (nSPS) is 25.9. The van der Waals surface area contributed by atoms with E-state index < -0.39 is 0 Å². The van der Waals surface area contributed by atoms with Crippen LogP contribution in [-0.2, 0) is 0 Å². The van der Waals surface area contributed by atoms with Crippen LogP contribution in [-0.4, -0.2) is 9.97 Å². The molecule has 0 aromatic carbocycles. The Morgan fingerprint density at radius 1 is 1.28 bits per heavy atom. The van der Waals surface area contributed by atoms with Crippen LogP contribution in [0.1, 0.15) is 57.1 Å². The van der Waals surface area contributed by atoms with Gasteiger partial charge in [-0.3, -0.25) is 11.3 Å². The van der Waals surface area contributed by atoms with Crippen LogP contribution in [0.5, 0.6) is 0 Å². The third kappa shape index (κ3) is 3.27. The molecule has 0 saturated heterocycles. The van der Waals surface area contributed by atoms with Crippen molar-refractivity contribution in [3.63, 3.8) is 0 Å². The Hall–Kier alpha value is -1.00. The fourth-order valence-corrected chi connectivity index (χ4v) is 3.19. The van der Waals surface area contributed by atoms with E-state index in [0.717, 1.165) is 11.5 Å². The summed E-state index contributed by atoms with van der Waals surface area (Å²) in [6.45, 7) is 2.28. The molecule has 100 valence electrons. The summed E-state index contributed by atoms with van der Waals surface area (Å²) >= 11 is 0. The van der Waals surface area contributed by atoms with Gasteiger partial charge >= 0.3 is 0 Å². The number of hydrazine groups is 1. The molecule has 0 aliphatic heterocycles. The highest BCUT2D eigenvalue weighted by molar-refractivity contribution is 5.10. The van der Waals surface area contributed by atoms with Gasteiger partial charge in [-0.05, 0) is 24.7 Å². The van der Waals surface area contributed by atoms with E-state index in [1.165, 1.54) is 38.5 Å². The topological polar surface area (TPSA) is 63.8 Å². The summed E-state index contributed by atoms with van der Waals surface area (Å²) in [5.74, 6) is 7.27. The SMILES string of the molecule is CCCC1CCC(C(NN)c2cncnc2)CC1. The number of nitrogens with two attached hydrogens (primary N) is 1. The number of hydrogen-bond acceptors (Lipinski definition) is 4. The van der Waals surface area contributed by atoms with Gasteiger partial charge < -0.3 is 0 Å². The molecule has 1 aromatic heterocycles. The molecule has 1 fully saturated rings. The van der Waals surface area contributed by atoms with Gasteiger partial charge in [0.15, 0.2) is 0 Å². The molecule has 1 atom stereocenters. The van der Waals surface area contributed by atoms with Crippen LogP contribution in [0.25, 0.3) is 0 Å². The van der Waals surface area contributed by atoms with Crippen LogP contribution in [0.3, 0.4) is 0 Å². The Morgan fingerprint density at radius 2 is 1.94 bits per heavy atom. The largest absolute Gasteiger partial charge is 0.271 e. The van der Waals surface area contributed by atoms with Gasteiger partial charge in [-0.25, -0.2) is 9.97 Å². The van der Waals surface area contributed by atoms with Crippen LogP contribution >= 0.6 is 0 Å². The second-order valence-electron chi connectivity index (χ2n) is 5.39. The number of hydrogen-bond donors (Lipinski definition) is 2. The van der Waals surface area contributed by atoms with Crippen molar-refractivity contribution < 1.29 is 0 Å². The lowest BCUT2D eigenvalue weighted by atomic mass is 9.76. The zero-order valence-electron chi connectivity index (χ0n) is 11.2. The average molecular weight is 248 g/mol. The Balaban J connectivity index is 1.95. The fraction of sp³-hybridized carbons (Fsp3) is 0.714. The van der Waals surface area contributed by atoms with E-state index in [1.807, 2.05) is 12.4 Å². The van der Waals surface area contributed by atoms with Gasteiger partial charge in [-0.2, -0.15) is 0 Å². The highest BCUT2D eigenvalue weighted by Crippen LogP contribution is 2.37. The zero-order valence-corrected chi connectivity index (χ0v) is 11.2. The Bertz CT molecular complexity index is 333. The minimum atomic E-state index is 0.203. The van der Waals surface area contributed by atoms with Crippen LogP contribution in [0.15, 0.2) is 18.7 Å². The second-order valence-corrected chi connectivity index (χ2v) is 5.39. The quantitative estimate of drug-likeness (QED) is 0.621. The third-order valence-electron chi connectivity index (χ3n) is 4.18. The van der Waals surface area contributed by atoms with Crippen LogP contribution < -0.4 is 11.3 Å². The average Bonchev–Trinajstić information content (AvgIpc) is 2.43. The predicted octanol–water partition coefficient (Wildman–Crippen LogP) is 2.59. The molecule has 1 aromatic rings. The number of aromatic nitrogens is 2. The molecular formula is C14H24N4. The molecular weight excluding hydrogens is 224 g/mol. The van der Waals surface area contributed by atoms with Crippen molar-refractivity contribution in [2.24, 2.45) is 17.7 Å². The minimum Gasteiger partial charge on any atom is -0.271 e. The van der Waals surface area contributed by atoms with Gasteiger partial charge in [0.2, 0.25) is 0 Å². The minimum absolute atomic E-state index is 0.203. The monoisotopic (exact) mass is 248 g/mol. The highest BCUT2D eigenvalue weighted by Gasteiger charge is 2.27. The number of nitrogens with one attached hydrogen (secondary N) is 1. The van der Waals surface area contributed by atoms with E-state index in [2.05, 4.69) is 22.3 Å². The van der Waals surface area contributed by atoms with Gasteiger partial charge in [-0.15, -0.1) is 0 Å². The second kappa shape index (κ2) is 6.81. The first kappa shape index (κ1) is 13.4. The summed E-state index contributed by atoms with van der Waals surface area (Å²) in [6, 6.07) is 0.203. The summed E-state index contributed by atoms with van der Waals surface area (Å²) in [4.78, 5) is 8.17. The summed E-state index contributed by atoms with van der Waals surface area (Å²) in [7, 11) is 0.